The molecule has 0 saturated heterocycles. The van der Waals surface area contributed by atoms with Crippen LogP contribution in [0.4, 0.5) is 0 Å². The van der Waals surface area contributed by atoms with Crippen molar-refractivity contribution in [3.05, 3.63) is 69.8 Å². The summed E-state index contributed by atoms with van der Waals surface area (Å²) in [6.45, 7) is 2.19. The minimum atomic E-state index is -0.274. The number of carbonyl (C=O) groups is 1. The predicted octanol–water partition coefficient (Wildman–Crippen LogP) is 2.40. The summed E-state index contributed by atoms with van der Waals surface area (Å²) in [5.41, 5.74) is 4.10. The van der Waals surface area contributed by atoms with Gasteiger partial charge in [-0.15, -0.1) is 0 Å². The molecule has 0 amide bonds. The lowest BCUT2D eigenvalue weighted by atomic mass is 10.0. The van der Waals surface area contributed by atoms with E-state index in [0.29, 0.717) is 6.42 Å². The molecule has 118 valence electrons. The van der Waals surface area contributed by atoms with Crippen LogP contribution >= 0.6 is 0 Å². The smallest absolute Gasteiger partial charge is 0.325 e. The van der Waals surface area contributed by atoms with E-state index in [1.807, 2.05) is 35.8 Å². The Morgan fingerprint density at radius 1 is 1.22 bits per heavy atom. The third-order valence-corrected chi connectivity index (χ3v) is 4.11. The summed E-state index contributed by atoms with van der Waals surface area (Å²) in [4.78, 5) is 25.6. The Balaban J connectivity index is 2.09. The average molecular weight is 310 g/mol. The average Bonchev–Trinajstić information content (AvgIpc) is 2.82. The fraction of sp³-hybridized carbons (Fsp3) is 0.222. The molecule has 0 bridgehead atoms. The van der Waals surface area contributed by atoms with E-state index in [0.717, 1.165) is 27.7 Å². The number of nitrogens with one attached hydrogen (secondary N) is 1. The predicted molar refractivity (Wildman–Crippen MR) is 88.6 cm³/mol. The molecule has 1 aromatic carbocycles. The number of carbonyl (C=O) groups excluding carboxylic acids is 1. The van der Waals surface area contributed by atoms with Crippen LogP contribution in [0.25, 0.3) is 10.9 Å². The molecule has 2 heterocycles. The number of para-hydroxylation sites is 1. The highest BCUT2D eigenvalue weighted by atomic mass is 16.5. The number of ether oxygens (including phenoxy) is 1. The Kier molecular flexibility index (Phi) is 4.02. The molecular weight excluding hydrogens is 292 g/mol. The lowest BCUT2D eigenvalue weighted by molar-refractivity contribution is -0.141. The van der Waals surface area contributed by atoms with Crippen LogP contribution < -0.4 is 5.56 Å². The molecule has 5 heteroatoms. The van der Waals surface area contributed by atoms with Crippen molar-refractivity contribution in [2.45, 2.75) is 19.9 Å². The minimum absolute atomic E-state index is 0.112. The van der Waals surface area contributed by atoms with Crippen molar-refractivity contribution in [1.29, 1.82) is 0 Å². The fourth-order valence-corrected chi connectivity index (χ4v) is 2.88. The van der Waals surface area contributed by atoms with E-state index in [2.05, 4.69) is 11.1 Å². The molecule has 3 aromatic rings. The molecule has 23 heavy (non-hydrogen) atoms. The number of aromatic nitrogens is 2. The van der Waals surface area contributed by atoms with Crippen molar-refractivity contribution in [3.8, 4) is 0 Å². The summed E-state index contributed by atoms with van der Waals surface area (Å²) < 4.78 is 6.77. The SMILES string of the molecule is COC(=O)Cn1c(C)c(Cc2ccc(=O)[nH]c2)c2ccccc21. The Labute approximate surface area is 133 Å². The number of aromatic amines is 1. The minimum Gasteiger partial charge on any atom is -0.468 e. The van der Waals surface area contributed by atoms with E-state index < -0.39 is 0 Å². The second-order valence-corrected chi connectivity index (χ2v) is 5.48. The van der Waals surface area contributed by atoms with E-state index in [9.17, 15) is 9.59 Å². The number of hydrogen-bond donors (Lipinski definition) is 1. The molecule has 0 radical (unpaired) electrons. The van der Waals surface area contributed by atoms with Crippen LogP contribution in [0, 0.1) is 6.92 Å². The van der Waals surface area contributed by atoms with Gasteiger partial charge in [0.1, 0.15) is 6.54 Å². The van der Waals surface area contributed by atoms with Crippen LogP contribution in [0.1, 0.15) is 16.8 Å². The molecule has 0 aliphatic heterocycles. The zero-order chi connectivity index (χ0) is 16.4. The van der Waals surface area contributed by atoms with Gasteiger partial charge in [-0.2, -0.15) is 0 Å². The second-order valence-electron chi connectivity index (χ2n) is 5.48. The molecule has 5 nitrogen and oxygen atoms in total. The summed E-state index contributed by atoms with van der Waals surface area (Å²) in [6.07, 6.45) is 2.42. The van der Waals surface area contributed by atoms with Gasteiger partial charge < -0.3 is 14.3 Å². The van der Waals surface area contributed by atoms with Gasteiger partial charge in [-0.3, -0.25) is 9.59 Å². The van der Waals surface area contributed by atoms with Gasteiger partial charge in [-0.05, 0) is 24.1 Å². The lowest BCUT2D eigenvalue weighted by Crippen LogP contribution is -2.12. The molecular formula is C18H18N2O3. The van der Waals surface area contributed by atoms with E-state index in [4.69, 9.17) is 4.74 Å². The molecule has 0 saturated carbocycles. The summed E-state index contributed by atoms with van der Waals surface area (Å²) in [7, 11) is 1.39. The topological polar surface area (TPSA) is 64.1 Å². The van der Waals surface area contributed by atoms with Crippen molar-refractivity contribution in [1.82, 2.24) is 9.55 Å². The van der Waals surface area contributed by atoms with Gasteiger partial charge in [0, 0.05) is 35.3 Å². The van der Waals surface area contributed by atoms with Gasteiger partial charge in [0.2, 0.25) is 5.56 Å². The van der Waals surface area contributed by atoms with Crippen LogP contribution in [0.2, 0.25) is 0 Å². The van der Waals surface area contributed by atoms with Crippen molar-refractivity contribution in [2.75, 3.05) is 7.11 Å². The molecule has 0 spiro atoms. The number of rotatable bonds is 4. The van der Waals surface area contributed by atoms with Gasteiger partial charge in [-0.1, -0.05) is 24.3 Å². The van der Waals surface area contributed by atoms with Crippen molar-refractivity contribution >= 4 is 16.9 Å². The monoisotopic (exact) mass is 310 g/mol. The summed E-state index contributed by atoms with van der Waals surface area (Å²) in [6, 6.07) is 11.3. The van der Waals surface area contributed by atoms with Crippen molar-refractivity contribution in [2.24, 2.45) is 0 Å². The van der Waals surface area contributed by atoms with Gasteiger partial charge >= 0.3 is 5.97 Å². The molecule has 0 aliphatic carbocycles. The Morgan fingerprint density at radius 3 is 2.70 bits per heavy atom. The van der Waals surface area contributed by atoms with Crippen LogP contribution in [-0.4, -0.2) is 22.6 Å². The molecule has 1 N–H and O–H groups in total. The first-order valence-corrected chi connectivity index (χ1v) is 7.41. The number of esters is 1. The Morgan fingerprint density at radius 2 is 2.00 bits per heavy atom. The van der Waals surface area contributed by atoms with Gasteiger partial charge in [0.05, 0.1) is 7.11 Å². The maximum atomic E-state index is 11.7. The van der Waals surface area contributed by atoms with Gasteiger partial charge in [0.25, 0.3) is 0 Å². The molecule has 0 unspecified atom stereocenters. The van der Waals surface area contributed by atoms with Crippen LogP contribution in [0.3, 0.4) is 0 Å². The van der Waals surface area contributed by atoms with Crippen LogP contribution in [0.5, 0.6) is 0 Å². The zero-order valence-corrected chi connectivity index (χ0v) is 13.1. The Hall–Kier alpha value is -2.82. The molecule has 2 aromatic heterocycles. The maximum Gasteiger partial charge on any atom is 0.325 e. The molecule has 3 rings (SSSR count). The number of methoxy groups -OCH3 is 1. The molecule has 0 aliphatic rings. The molecule has 0 atom stereocenters. The summed E-state index contributed by atoms with van der Waals surface area (Å²) >= 11 is 0. The zero-order valence-electron chi connectivity index (χ0n) is 13.1. The maximum absolute atomic E-state index is 11.7. The highest BCUT2D eigenvalue weighted by Gasteiger charge is 2.16. The largest absolute Gasteiger partial charge is 0.468 e. The second kappa shape index (κ2) is 6.12. The highest BCUT2D eigenvalue weighted by molar-refractivity contribution is 5.87. The van der Waals surface area contributed by atoms with Crippen molar-refractivity contribution < 1.29 is 9.53 Å². The lowest BCUT2D eigenvalue weighted by Gasteiger charge is -2.07. The Bertz CT molecular complexity index is 901. The van der Waals surface area contributed by atoms with E-state index in [1.165, 1.54) is 13.2 Å². The number of fused-ring (bicyclic) bond motifs is 1. The quantitative estimate of drug-likeness (QED) is 0.753. The van der Waals surface area contributed by atoms with Crippen LogP contribution in [0.15, 0.2) is 47.4 Å². The number of hydrogen-bond acceptors (Lipinski definition) is 3. The first kappa shape index (κ1) is 15.1. The third-order valence-electron chi connectivity index (χ3n) is 4.11. The van der Waals surface area contributed by atoms with Gasteiger partial charge in [-0.25, -0.2) is 0 Å². The van der Waals surface area contributed by atoms with E-state index >= 15 is 0 Å². The summed E-state index contributed by atoms with van der Waals surface area (Å²) in [5.74, 6) is -0.274. The number of nitrogens with zero attached hydrogens (tertiary/aromatic N) is 1. The number of H-pyrrole nitrogens is 1. The highest BCUT2D eigenvalue weighted by Crippen LogP contribution is 2.27. The summed E-state index contributed by atoms with van der Waals surface area (Å²) in [5, 5.41) is 1.11. The van der Waals surface area contributed by atoms with E-state index in [1.54, 1.807) is 6.20 Å². The fourth-order valence-electron chi connectivity index (χ4n) is 2.88. The van der Waals surface area contributed by atoms with Crippen molar-refractivity contribution in [3.63, 3.8) is 0 Å². The van der Waals surface area contributed by atoms with E-state index in [-0.39, 0.29) is 18.1 Å². The first-order valence-electron chi connectivity index (χ1n) is 7.41. The van der Waals surface area contributed by atoms with Gasteiger partial charge in [0.15, 0.2) is 0 Å². The number of pyridine rings is 1. The third kappa shape index (κ3) is 2.90. The number of benzene rings is 1. The molecule has 0 fully saturated rings. The first-order chi connectivity index (χ1) is 11.1. The normalized spacial score (nSPS) is 10.9. The standard InChI is InChI=1S/C18H18N2O3/c1-12-15(9-13-7-8-17(21)19-10-13)14-5-3-4-6-16(14)20(12)11-18(22)23-2/h3-8,10H,9,11H2,1-2H3,(H,19,21). The van der Waals surface area contributed by atoms with Crippen LogP contribution in [-0.2, 0) is 22.5 Å².